The molecule has 0 spiro atoms. The van der Waals surface area contributed by atoms with E-state index in [-0.39, 0.29) is 18.4 Å². The summed E-state index contributed by atoms with van der Waals surface area (Å²) in [5, 5.41) is 7.79. The molecular formula is C24H27N5O3S. The number of carbonyl (C=O) groups excluding carboxylic acids is 2. The Kier molecular flexibility index (Phi) is 7.09. The Morgan fingerprint density at radius 1 is 1.06 bits per heavy atom. The quantitative estimate of drug-likeness (QED) is 0.575. The molecule has 1 aliphatic rings. The number of para-hydroxylation sites is 2. The second-order valence-corrected chi connectivity index (χ2v) is 8.67. The SMILES string of the molecule is COc1ccccc1N1CCN(C(=O)Cc2csc(NC(=O)Nc3cccc(C)c3)n2)CC1. The highest BCUT2D eigenvalue weighted by Gasteiger charge is 2.23. The molecule has 3 amide bonds. The molecule has 8 nitrogen and oxygen atoms in total. The standard InChI is InChI=1S/C24H27N5O3S/c1-17-6-5-7-18(14-17)25-23(31)27-24-26-19(16-33-24)15-22(30)29-12-10-28(11-13-29)20-8-3-4-9-21(20)32-2/h3-9,14,16H,10-13,15H2,1-2H3,(H2,25,26,27,31). The molecule has 2 aromatic carbocycles. The van der Waals surface area contributed by atoms with Crippen LogP contribution in [0.25, 0.3) is 0 Å². The van der Waals surface area contributed by atoms with Gasteiger partial charge in [-0.25, -0.2) is 9.78 Å². The second kappa shape index (κ2) is 10.4. The van der Waals surface area contributed by atoms with Crippen LogP contribution in [0, 0.1) is 6.92 Å². The second-order valence-electron chi connectivity index (χ2n) is 7.81. The minimum Gasteiger partial charge on any atom is -0.495 e. The molecule has 33 heavy (non-hydrogen) atoms. The van der Waals surface area contributed by atoms with Gasteiger partial charge in [0, 0.05) is 37.2 Å². The van der Waals surface area contributed by atoms with Gasteiger partial charge >= 0.3 is 6.03 Å². The van der Waals surface area contributed by atoms with Crippen LogP contribution in [0.1, 0.15) is 11.3 Å². The summed E-state index contributed by atoms with van der Waals surface area (Å²) < 4.78 is 5.46. The van der Waals surface area contributed by atoms with Gasteiger partial charge in [0.25, 0.3) is 0 Å². The average molecular weight is 466 g/mol. The van der Waals surface area contributed by atoms with Crippen LogP contribution in [0.2, 0.25) is 0 Å². The fraction of sp³-hybridized carbons (Fsp3) is 0.292. The van der Waals surface area contributed by atoms with E-state index < -0.39 is 0 Å². The van der Waals surface area contributed by atoms with Gasteiger partial charge in [-0.2, -0.15) is 0 Å². The van der Waals surface area contributed by atoms with Crippen molar-refractivity contribution in [2.75, 3.05) is 48.8 Å². The van der Waals surface area contributed by atoms with Crippen LogP contribution in [0.5, 0.6) is 5.75 Å². The van der Waals surface area contributed by atoms with Crippen molar-refractivity contribution >= 4 is 39.8 Å². The predicted molar refractivity (Wildman–Crippen MR) is 131 cm³/mol. The zero-order valence-corrected chi connectivity index (χ0v) is 19.5. The maximum atomic E-state index is 12.8. The van der Waals surface area contributed by atoms with Crippen molar-refractivity contribution < 1.29 is 14.3 Å². The maximum absolute atomic E-state index is 12.8. The zero-order valence-electron chi connectivity index (χ0n) is 18.7. The summed E-state index contributed by atoms with van der Waals surface area (Å²) in [5.74, 6) is 0.877. The number of benzene rings is 2. The molecule has 3 aromatic rings. The van der Waals surface area contributed by atoms with E-state index >= 15 is 0 Å². The van der Waals surface area contributed by atoms with Crippen LogP contribution in [0.15, 0.2) is 53.9 Å². The third-order valence-corrected chi connectivity index (χ3v) is 6.25. The van der Waals surface area contributed by atoms with E-state index in [9.17, 15) is 9.59 Å². The first-order chi connectivity index (χ1) is 16.0. The summed E-state index contributed by atoms with van der Waals surface area (Å²) in [6.45, 7) is 4.74. The Balaban J connectivity index is 1.27. The molecule has 1 saturated heterocycles. The van der Waals surface area contributed by atoms with Crippen molar-refractivity contribution in [1.82, 2.24) is 9.88 Å². The van der Waals surface area contributed by atoms with Crippen LogP contribution in [0.3, 0.4) is 0 Å². The van der Waals surface area contributed by atoms with E-state index in [1.807, 2.05) is 65.7 Å². The Hall–Kier alpha value is -3.59. The number of methoxy groups -OCH3 is 1. The lowest BCUT2D eigenvalue weighted by atomic mass is 10.2. The Morgan fingerprint density at radius 3 is 2.61 bits per heavy atom. The molecule has 2 heterocycles. The van der Waals surface area contributed by atoms with Crippen molar-refractivity contribution in [3.05, 3.63) is 65.2 Å². The topological polar surface area (TPSA) is 86.8 Å². The molecule has 1 aliphatic heterocycles. The van der Waals surface area contributed by atoms with Gasteiger partial charge in [0.2, 0.25) is 5.91 Å². The van der Waals surface area contributed by atoms with Crippen molar-refractivity contribution in [3.63, 3.8) is 0 Å². The highest BCUT2D eigenvalue weighted by molar-refractivity contribution is 7.14. The van der Waals surface area contributed by atoms with Gasteiger partial charge in [-0.05, 0) is 36.8 Å². The number of rotatable bonds is 6. The summed E-state index contributed by atoms with van der Waals surface area (Å²) in [4.78, 5) is 33.5. The molecule has 4 rings (SSSR count). The third-order valence-electron chi connectivity index (χ3n) is 5.44. The maximum Gasteiger partial charge on any atom is 0.325 e. The smallest absolute Gasteiger partial charge is 0.325 e. The van der Waals surface area contributed by atoms with Crippen molar-refractivity contribution in [3.8, 4) is 5.75 Å². The number of aryl methyl sites for hydroxylation is 1. The summed E-state index contributed by atoms with van der Waals surface area (Å²) in [7, 11) is 1.67. The van der Waals surface area contributed by atoms with Gasteiger partial charge in [0.1, 0.15) is 5.75 Å². The van der Waals surface area contributed by atoms with E-state index in [1.165, 1.54) is 11.3 Å². The van der Waals surface area contributed by atoms with E-state index in [0.717, 1.165) is 30.1 Å². The number of nitrogens with zero attached hydrogens (tertiary/aromatic N) is 3. The number of hydrogen-bond donors (Lipinski definition) is 2. The molecule has 2 N–H and O–H groups in total. The predicted octanol–water partition coefficient (Wildman–Crippen LogP) is 4.00. The summed E-state index contributed by atoms with van der Waals surface area (Å²) in [6, 6.07) is 15.1. The van der Waals surface area contributed by atoms with Crippen molar-refractivity contribution in [1.29, 1.82) is 0 Å². The lowest BCUT2D eigenvalue weighted by Gasteiger charge is -2.36. The van der Waals surface area contributed by atoms with Gasteiger partial charge in [0.15, 0.2) is 5.13 Å². The van der Waals surface area contributed by atoms with E-state index in [0.29, 0.717) is 29.6 Å². The normalized spacial score (nSPS) is 13.5. The molecule has 0 bridgehead atoms. The number of ether oxygens (including phenoxy) is 1. The lowest BCUT2D eigenvalue weighted by molar-refractivity contribution is -0.130. The van der Waals surface area contributed by atoms with Crippen molar-refractivity contribution in [2.24, 2.45) is 0 Å². The third kappa shape index (κ3) is 5.81. The Bertz CT molecular complexity index is 1120. The highest BCUT2D eigenvalue weighted by atomic mass is 32.1. The number of anilines is 3. The summed E-state index contributed by atoms with van der Waals surface area (Å²) in [6.07, 6.45) is 0.215. The lowest BCUT2D eigenvalue weighted by Crippen LogP contribution is -2.49. The van der Waals surface area contributed by atoms with E-state index in [4.69, 9.17) is 4.74 Å². The number of thiazole rings is 1. The van der Waals surface area contributed by atoms with E-state index in [1.54, 1.807) is 7.11 Å². The number of amides is 3. The Morgan fingerprint density at radius 2 is 1.85 bits per heavy atom. The monoisotopic (exact) mass is 465 g/mol. The molecule has 0 atom stereocenters. The number of nitrogens with one attached hydrogen (secondary N) is 2. The fourth-order valence-electron chi connectivity index (χ4n) is 3.78. The van der Waals surface area contributed by atoms with Gasteiger partial charge in [-0.3, -0.25) is 10.1 Å². The number of urea groups is 1. The molecule has 0 saturated carbocycles. The van der Waals surface area contributed by atoms with Crippen LogP contribution in [-0.4, -0.2) is 55.1 Å². The largest absolute Gasteiger partial charge is 0.495 e. The van der Waals surface area contributed by atoms with Crippen molar-refractivity contribution in [2.45, 2.75) is 13.3 Å². The molecule has 1 fully saturated rings. The number of hydrogen-bond acceptors (Lipinski definition) is 6. The first kappa shape index (κ1) is 22.6. The molecule has 9 heteroatoms. The molecular weight excluding hydrogens is 438 g/mol. The summed E-state index contributed by atoms with van der Waals surface area (Å²) >= 11 is 1.31. The minimum absolute atomic E-state index is 0.0377. The molecule has 1 aromatic heterocycles. The fourth-order valence-corrected chi connectivity index (χ4v) is 4.49. The van der Waals surface area contributed by atoms with Crippen LogP contribution >= 0.6 is 11.3 Å². The van der Waals surface area contributed by atoms with E-state index in [2.05, 4.69) is 20.5 Å². The van der Waals surface area contributed by atoms with Gasteiger partial charge < -0.3 is 19.9 Å². The minimum atomic E-state index is -0.361. The average Bonchev–Trinajstić information content (AvgIpc) is 3.25. The summed E-state index contributed by atoms with van der Waals surface area (Å²) in [5.41, 5.74) is 3.48. The van der Waals surface area contributed by atoms with Gasteiger partial charge in [0.05, 0.1) is 24.9 Å². The molecule has 0 unspecified atom stereocenters. The number of aromatic nitrogens is 1. The van der Waals surface area contributed by atoms with Crippen LogP contribution in [-0.2, 0) is 11.2 Å². The Labute approximate surface area is 197 Å². The van der Waals surface area contributed by atoms with Crippen LogP contribution in [0.4, 0.5) is 21.3 Å². The van der Waals surface area contributed by atoms with Crippen LogP contribution < -0.4 is 20.3 Å². The number of carbonyl (C=O) groups is 2. The number of piperazine rings is 1. The van der Waals surface area contributed by atoms with Gasteiger partial charge in [-0.1, -0.05) is 24.3 Å². The first-order valence-electron chi connectivity index (χ1n) is 10.8. The van der Waals surface area contributed by atoms with Gasteiger partial charge in [-0.15, -0.1) is 11.3 Å². The zero-order chi connectivity index (χ0) is 23.2. The molecule has 0 aliphatic carbocycles. The molecule has 0 radical (unpaired) electrons. The first-order valence-corrected chi connectivity index (χ1v) is 11.6. The molecule has 172 valence electrons. The highest BCUT2D eigenvalue weighted by Crippen LogP contribution is 2.28.